The molecule has 0 saturated heterocycles. The van der Waals surface area contributed by atoms with Crippen molar-refractivity contribution >= 4 is 34.9 Å². The number of benzene rings is 1. The van der Waals surface area contributed by atoms with Gasteiger partial charge in [0, 0.05) is 49.6 Å². The minimum Gasteiger partial charge on any atom is -0.398 e. The molecule has 31 heavy (non-hydrogen) atoms. The highest BCUT2D eigenvalue weighted by molar-refractivity contribution is 6.33. The van der Waals surface area contributed by atoms with Crippen LogP contribution < -0.4 is 16.8 Å². The molecule has 2 amide bonds. The standard InChI is InChI=1S/C22H27ClFN5O2/c1-29(2)22(31)19-17(25)8-7-14(20(19)24)15-11-28-18(9-16(15)23)27-10-12-3-5-13(6-4-12)21(26)30/h7-9,11-13H,3-6,10,25H2,1-2H3,(H2,26,30)(H,27,28). The first kappa shape index (κ1) is 22.8. The molecule has 0 aliphatic heterocycles. The van der Waals surface area contributed by atoms with Crippen LogP contribution in [0.25, 0.3) is 11.1 Å². The zero-order valence-electron chi connectivity index (χ0n) is 17.6. The summed E-state index contributed by atoms with van der Waals surface area (Å²) in [6.07, 6.45) is 4.93. The number of hydrogen-bond donors (Lipinski definition) is 3. The maximum absolute atomic E-state index is 15.1. The number of pyridine rings is 1. The third kappa shape index (κ3) is 5.07. The first-order valence-electron chi connectivity index (χ1n) is 10.2. The van der Waals surface area contributed by atoms with E-state index in [1.165, 1.54) is 37.3 Å². The van der Waals surface area contributed by atoms with Crippen molar-refractivity contribution in [1.29, 1.82) is 0 Å². The van der Waals surface area contributed by atoms with Crippen LogP contribution in [0.15, 0.2) is 24.4 Å². The van der Waals surface area contributed by atoms with Gasteiger partial charge in [0.25, 0.3) is 5.91 Å². The summed E-state index contributed by atoms with van der Waals surface area (Å²) in [5.74, 6) is -0.501. The summed E-state index contributed by atoms with van der Waals surface area (Å²) < 4.78 is 15.1. The van der Waals surface area contributed by atoms with Crippen LogP contribution in [0.5, 0.6) is 0 Å². The molecule has 1 saturated carbocycles. The lowest BCUT2D eigenvalue weighted by Gasteiger charge is -2.26. The number of amides is 2. The Kier molecular flexibility index (Phi) is 7.00. The highest BCUT2D eigenvalue weighted by Gasteiger charge is 2.25. The van der Waals surface area contributed by atoms with E-state index in [0.717, 1.165) is 25.7 Å². The minimum atomic E-state index is -0.727. The third-order valence-corrected chi connectivity index (χ3v) is 6.07. The first-order valence-corrected chi connectivity index (χ1v) is 10.6. The van der Waals surface area contributed by atoms with Crippen LogP contribution in [0.2, 0.25) is 5.02 Å². The summed E-state index contributed by atoms with van der Waals surface area (Å²) >= 11 is 6.42. The Morgan fingerprint density at radius 1 is 1.23 bits per heavy atom. The number of carbonyl (C=O) groups is 2. The second kappa shape index (κ2) is 9.51. The van der Waals surface area contributed by atoms with E-state index in [-0.39, 0.29) is 28.6 Å². The summed E-state index contributed by atoms with van der Waals surface area (Å²) in [7, 11) is 3.06. The number of aromatic nitrogens is 1. The van der Waals surface area contributed by atoms with E-state index in [1.54, 1.807) is 6.07 Å². The van der Waals surface area contributed by atoms with Gasteiger partial charge in [-0.1, -0.05) is 11.6 Å². The van der Waals surface area contributed by atoms with E-state index in [0.29, 0.717) is 28.9 Å². The number of primary amides is 1. The first-order chi connectivity index (χ1) is 14.7. The van der Waals surface area contributed by atoms with E-state index in [1.807, 2.05) is 0 Å². The molecule has 1 heterocycles. The normalized spacial score (nSPS) is 18.5. The number of halogens is 2. The number of nitrogens with zero attached hydrogens (tertiary/aromatic N) is 2. The molecule has 0 radical (unpaired) electrons. The van der Waals surface area contributed by atoms with E-state index in [2.05, 4.69) is 10.3 Å². The number of hydrogen-bond acceptors (Lipinski definition) is 5. The fourth-order valence-electron chi connectivity index (χ4n) is 3.87. The fourth-order valence-corrected chi connectivity index (χ4v) is 4.12. The van der Waals surface area contributed by atoms with Crippen LogP contribution in [0.4, 0.5) is 15.9 Å². The van der Waals surface area contributed by atoms with Crippen molar-refractivity contribution in [3.63, 3.8) is 0 Å². The van der Waals surface area contributed by atoms with Gasteiger partial charge < -0.3 is 21.7 Å². The van der Waals surface area contributed by atoms with E-state index < -0.39 is 11.7 Å². The number of nitrogen functional groups attached to an aromatic ring is 1. The molecule has 2 aromatic rings. The van der Waals surface area contributed by atoms with Crippen molar-refractivity contribution in [3.8, 4) is 11.1 Å². The Morgan fingerprint density at radius 2 is 1.90 bits per heavy atom. The van der Waals surface area contributed by atoms with Crippen molar-refractivity contribution in [2.45, 2.75) is 25.7 Å². The average molecular weight is 448 g/mol. The molecule has 7 nitrogen and oxygen atoms in total. The topological polar surface area (TPSA) is 114 Å². The molecule has 166 valence electrons. The second-order valence-corrected chi connectivity index (χ2v) is 8.55. The molecule has 0 unspecified atom stereocenters. The Morgan fingerprint density at radius 3 is 2.48 bits per heavy atom. The molecule has 1 fully saturated rings. The van der Waals surface area contributed by atoms with Gasteiger partial charge in [0.05, 0.1) is 10.6 Å². The zero-order valence-corrected chi connectivity index (χ0v) is 18.4. The lowest BCUT2D eigenvalue weighted by atomic mass is 9.81. The number of rotatable bonds is 6. The Hall–Kier alpha value is -2.87. The highest BCUT2D eigenvalue weighted by atomic mass is 35.5. The predicted molar refractivity (Wildman–Crippen MR) is 120 cm³/mol. The molecule has 0 spiro atoms. The van der Waals surface area contributed by atoms with Gasteiger partial charge >= 0.3 is 0 Å². The summed E-state index contributed by atoms with van der Waals surface area (Å²) in [6.45, 7) is 0.700. The molecule has 0 atom stereocenters. The highest BCUT2D eigenvalue weighted by Crippen LogP contribution is 2.34. The summed E-state index contributed by atoms with van der Waals surface area (Å²) in [6, 6.07) is 4.61. The van der Waals surface area contributed by atoms with Gasteiger partial charge in [-0.05, 0) is 49.8 Å². The Bertz CT molecular complexity index is 990. The Balaban J connectivity index is 1.74. The third-order valence-electron chi connectivity index (χ3n) is 5.76. The van der Waals surface area contributed by atoms with Gasteiger partial charge in [0.15, 0.2) is 0 Å². The van der Waals surface area contributed by atoms with Gasteiger partial charge in [-0.25, -0.2) is 9.37 Å². The van der Waals surface area contributed by atoms with Crippen molar-refractivity contribution in [3.05, 3.63) is 40.8 Å². The molecule has 3 rings (SSSR count). The molecular formula is C22H27ClFN5O2. The summed E-state index contributed by atoms with van der Waals surface area (Å²) in [4.78, 5) is 29.2. The van der Waals surface area contributed by atoms with E-state index in [4.69, 9.17) is 23.1 Å². The van der Waals surface area contributed by atoms with Crippen molar-refractivity contribution in [2.75, 3.05) is 31.7 Å². The van der Waals surface area contributed by atoms with Gasteiger partial charge in [0.1, 0.15) is 11.6 Å². The molecular weight excluding hydrogens is 421 g/mol. The number of nitrogens with two attached hydrogens (primary N) is 2. The van der Waals surface area contributed by atoms with Crippen molar-refractivity contribution in [2.24, 2.45) is 17.6 Å². The molecule has 5 N–H and O–H groups in total. The second-order valence-electron chi connectivity index (χ2n) is 8.14. The quantitative estimate of drug-likeness (QED) is 0.586. The maximum atomic E-state index is 15.1. The molecule has 9 heteroatoms. The average Bonchev–Trinajstić information content (AvgIpc) is 2.73. The maximum Gasteiger partial charge on any atom is 0.258 e. The van der Waals surface area contributed by atoms with Crippen LogP contribution in [-0.4, -0.2) is 42.3 Å². The largest absolute Gasteiger partial charge is 0.398 e. The fraction of sp³-hybridized carbons (Fsp3) is 0.409. The summed E-state index contributed by atoms with van der Waals surface area (Å²) in [5.41, 5.74) is 11.6. The van der Waals surface area contributed by atoms with E-state index in [9.17, 15) is 9.59 Å². The number of carbonyl (C=O) groups excluding carboxylic acids is 2. The lowest BCUT2D eigenvalue weighted by Crippen LogP contribution is -2.29. The van der Waals surface area contributed by atoms with E-state index >= 15 is 4.39 Å². The van der Waals surface area contributed by atoms with Crippen LogP contribution in [0.1, 0.15) is 36.0 Å². The lowest BCUT2D eigenvalue weighted by molar-refractivity contribution is -0.122. The molecule has 1 aromatic heterocycles. The molecule has 1 aliphatic rings. The van der Waals surface area contributed by atoms with Crippen molar-refractivity contribution in [1.82, 2.24) is 9.88 Å². The van der Waals surface area contributed by atoms with Crippen LogP contribution >= 0.6 is 11.6 Å². The molecule has 0 bridgehead atoms. The van der Waals surface area contributed by atoms with Crippen LogP contribution in [0.3, 0.4) is 0 Å². The Labute approximate surface area is 185 Å². The summed E-state index contributed by atoms with van der Waals surface area (Å²) in [5, 5.41) is 3.57. The van der Waals surface area contributed by atoms with Crippen LogP contribution in [0, 0.1) is 17.7 Å². The monoisotopic (exact) mass is 447 g/mol. The van der Waals surface area contributed by atoms with Gasteiger partial charge in [-0.3, -0.25) is 9.59 Å². The zero-order chi connectivity index (χ0) is 22.7. The smallest absolute Gasteiger partial charge is 0.258 e. The number of nitrogens with one attached hydrogen (secondary N) is 1. The molecule has 1 aromatic carbocycles. The SMILES string of the molecule is CN(C)C(=O)c1c(N)ccc(-c2cnc(NCC3CCC(C(N)=O)CC3)cc2Cl)c1F. The van der Waals surface area contributed by atoms with Crippen LogP contribution in [-0.2, 0) is 4.79 Å². The van der Waals surface area contributed by atoms with Crippen molar-refractivity contribution < 1.29 is 14.0 Å². The predicted octanol–water partition coefficient (Wildman–Crippen LogP) is 3.53. The van der Waals surface area contributed by atoms with Gasteiger partial charge in [-0.15, -0.1) is 0 Å². The number of anilines is 2. The molecule has 1 aliphatic carbocycles. The van der Waals surface area contributed by atoms with Gasteiger partial charge in [-0.2, -0.15) is 0 Å². The minimum absolute atomic E-state index is 0.0258. The van der Waals surface area contributed by atoms with Gasteiger partial charge in [0.2, 0.25) is 5.91 Å².